The van der Waals surface area contributed by atoms with E-state index >= 15 is 0 Å². The first-order valence-corrected chi connectivity index (χ1v) is 6.19. The van der Waals surface area contributed by atoms with Crippen LogP contribution >= 0.6 is 0 Å². The molecule has 1 aliphatic rings. The highest BCUT2D eigenvalue weighted by Crippen LogP contribution is 2.29. The molecule has 0 unspecified atom stereocenters. The zero-order valence-corrected chi connectivity index (χ0v) is 10.7. The zero-order chi connectivity index (χ0) is 13.7. The molecule has 1 aromatic carbocycles. The van der Waals surface area contributed by atoms with Crippen LogP contribution in [0.25, 0.3) is 0 Å². The molecule has 2 rings (SSSR count). The van der Waals surface area contributed by atoms with Gasteiger partial charge in [0.2, 0.25) is 0 Å². The molecule has 5 heteroatoms. The molecule has 0 bridgehead atoms. The van der Waals surface area contributed by atoms with Crippen LogP contribution in [0.1, 0.15) is 18.4 Å². The van der Waals surface area contributed by atoms with E-state index in [2.05, 4.69) is 22.2 Å². The predicted molar refractivity (Wildman–Crippen MR) is 68.6 cm³/mol. The summed E-state index contributed by atoms with van der Waals surface area (Å²) in [5.74, 6) is 0.382. The van der Waals surface area contributed by atoms with E-state index in [0.717, 1.165) is 18.4 Å². The molecule has 0 saturated heterocycles. The number of methoxy groups -OCH3 is 1. The predicted octanol–water partition coefficient (Wildman–Crippen LogP) is 3.10. The van der Waals surface area contributed by atoms with Crippen molar-refractivity contribution in [2.75, 3.05) is 7.11 Å². The molecule has 1 aliphatic carbocycles. The Morgan fingerprint density at radius 1 is 1.26 bits per heavy atom. The van der Waals surface area contributed by atoms with Crippen LogP contribution in [0.15, 0.2) is 30.4 Å². The minimum absolute atomic E-state index is 0.0707. The zero-order valence-electron chi connectivity index (χ0n) is 10.7. The largest absolute Gasteiger partial charge is 0.493 e. The van der Waals surface area contributed by atoms with Gasteiger partial charge in [-0.1, -0.05) is 18.2 Å². The van der Waals surface area contributed by atoms with Crippen molar-refractivity contribution in [3.05, 3.63) is 35.9 Å². The van der Waals surface area contributed by atoms with E-state index in [1.807, 2.05) is 6.07 Å². The Kier molecular flexibility index (Phi) is 4.74. The molecule has 1 N–H and O–H groups in total. The third-order valence-corrected chi connectivity index (χ3v) is 3.05. The molecule has 0 aliphatic heterocycles. The number of alkyl halides is 2. The van der Waals surface area contributed by atoms with Gasteiger partial charge in [-0.3, -0.25) is 0 Å². The van der Waals surface area contributed by atoms with Gasteiger partial charge in [0.1, 0.15) is 0 Å². The van der Waals surface area contributed by atoms with Crippen molar-refractivity contribution in [1.29, 1.82) is 0 Å². The van der Waals surface area contributed by atoms with Gasteiger partial charge in [0.15, 0.2) is 11.5 Å². The minimum Gasteiger partial charge on any atom is -0.493 e. The van der Waals surface area contributed by atoms with Crippen LogP contribution in [0.2, 0.25) is 0 Å². The molecule has 0 atom stereocenters. The number of benzene rings is 1. The SMILES string of the molecule is COc1ccc(CNC2CC=CC2)cc1OC(F)F. The van der Waals surface area contributed by atoms with Gasteiger partial charge in [-0.25, -0.2) is 0 Å². The van der Waals surface area contributed by atoms with Gasteiger partial charge in [-0.15, -0.1) is 0 Å². The first-order chi connectivity index (χ1) is 9.19. The lowest BCUT2D eigenvalue weighted by Gasteiger charge is -2.14. The average Bonchev–Trinajstić information content (AvgIpc) is 2.89. The number of halogens is 2. The summed E-state index contributed by atoms with van der Waals surface area (Å²) in [6.45, 7) is -2.23. The van der Waals surface area contributed by atoms with E-state index in [1.54, 1.807) is 12.1 Å². The number of ether oxygens (including phenoxy) is 2. The molecular formula is C14H17F2NO2. The highest BCUT2D eigenvalue weighted by atomic mass is 19.3. The fourth-order valence-electron chi connectivity index (χ4n) is 2.07. The van der Waals surface area contributed by atoms with E-state index in [-0.39, 0.29) is 5.75 Å². The third kappa shape index (κ3) is 3.92. The normalized spacial score (nSPS) is 15.2. The van der Waals surface area contributed by atoms with Gasteiger partial charge in [-0.05, 0) is 30.5 Å². The molecule has 0 radical (unpaired) electrons. The van der Waals surface area contributed by atoms with E-state index in [1.165, 1.54) is 7.11 Å². The Morgan fingerprint density at radius 2 is 2.00 bits per heavy atom. The maximum absolute atomic E-state index is 12.3. The lowest BCUT2D eigenvalue weighted by molar-refractivity contribution is -0.0512. The van der Waals surface area contributed by atoms with Crippen molar-refractivity contribution in [1.82, 2.24) is 5.32 Å². The van der Waals surface area contributed by atoms with Crippen LogP contribution in [0.3, 0.4) is 0 Å². The summed E-state index contributed by atoms with van der Waals surface area (Å²) in [5, 5.41) is 3.37. The first-order valence-electron chi connectivity index (χ1n) is 6.19. The molecule has 19 heavy (non-hydrogen) atoms. The minimum atomic E-state index is -2.85. The molecule has 0 saturated carbocycles. The Labute approximate surface area is 111 Å². The molecule has 1 aromatic rings. The van der Waals surface area contributed by atoms with Gasteiger partial charge in [0.25, 0.3) is 0 Å². The van der Waals surface area contributed by atoms with Crippen molar-refractivity contribution >= 4 is 0 Å². The van der Waals surface area contributed by atoms with Crippen LogP contribution in [-0.2, 0) is 6.54 Å². The summed E-state index contributed by atoms with van der Waals surface area (Å²) in [5.41, 5.74) is 0.892. The molecule has 0 heterocycles. The fraction of sp³-hybridized carbons (Fsp3) is 0.429. The number of hydrogen-bond donors (Lipinski definition) is 1. The maximum atomic E-state index is 12.3. The molecule has 0 aromatic heterocycles. The van der Waals surface area contributed by atoms with Gasteiger partial charge >= 0.3 is 6.61 Å². The summed E-state index contributed by atoms with van der Waals surface area (Å²) in [4.78, 5) is 0. The monoisotopic (exact) mass is 269 g/mol. The highest BCUT2D eigenvalue weighted by Gasteiger charge is 2.13. The summed E-state index contributed by atoms with van der Waals surface area (Å²) >= 11 is 0. The van der Waals surface area contributed by atoms with E-state index in [0.29, 0.717) is 18.3 Å². The molecule has 0 spiro atoms. The van der Waals surface area contributed by atoms with Crippen molar-refractivity contribution in [3.8, 4) is 11.5 Å². The lowest BCUT2D eigenvalue weighted by atomic mass is 10.1. The van der Waals surface area contributed by atoms with Crippen molar-refractivity contribution in [3.63, 3.8) is 0 Å². The van der Waals surface area contributed by atoms with Gasteiger partial charge in [0, 0.05) is 12.6 Å². The Morgan fingerprint density at radius 3 is 2.63 bits per heavy atom. The van der Waals surface area contributed by atoms with Crippen molar-refractivity contribution in [2.24, 2.45) is 0 Å². The van der Waals surface area contributed by atoms with Gasteiger partial charge in [0.05, 0.1) is 7.11 Å². The Hall–Kier alpha value is -1.62. The molecule has 104 valence electrons. The second-order valence-corrected chi connectivity index (χ2v) is 4.38. The first kappa shape index (κ1) is 13.8. The summed E-state index contributed by atoms with van der Waals surface area (Å²) < 4.78 is 34.0. The second kappa shape index (κ2) is 6.52. The van der Waals surface area contributed by atoms with Crippen molar-refractivity contribution in [2.45, 2.75) is 32.0 Å². The summed E-state index contributed by atoms with van der Waals surface area (Å²) in [7, 11) is 1.43. The van der Waals surface area contributed by atoms with E-state index in [9.17, 15) is 8.78 Å². The highest BCUT2D eigenvalue weighted by molar-refractivity contribution is 5.43. The van der Waals surface area contributed by atoms with E-state index < -0.39 is 6.61 Å². The van der Waals surface area contributed by atoms with Crippen LogP contribution < -0.4 is 14.8 Å². The number of nitrogens with one attached hydrogen (secondary N) is 1. The Balaban J connectivity index is 1.99. The topological polar surface area (TPSA) is 30.5 Å². The van der Waals surface area contributed by atoms with Gasteiger partial charge in [-0.2, -0.15) is 8.78 Å². The average molecular weight is 269 g/mol. The smallest absolute Gasteiger partial charge is 0.387 e. The lowest BCUT2D eigenvalue weighted by Crippen LogP contribution is -2.25. The number of hydrogen-bond acceptors (Lipinski definition) is 3. The van der Waals surface area contributed by atoms with Gasteiger partial charge < -0.3 is 14.8 Å². The Bertz CT molecular complexity index is 441. The second-order valence-electron chi connectivity index (χ2n) is 4.38. The summed E-state index contributed by atoms with van der Waals surface area (Å²) in [6, 6.07) is 5.50. The molecular weight excluding hydrogens is 252 g/mol. The van der Waals surface area contributed by atoms with Crippen molar-refractivity contribution < 1.29 is 18.3 Å². The quantitative estimate of drug-likeness (QED) is 0.805. The van der Waals surface area contributed by atoms with Crippen LogP contribution in [-0.4, -0.2) is 19.8 Å². The standard InChI is InChI=1S/C14H17F2NO2/c1-18-12-7-6-10(8-13(12)19-14(15)16)9-17-11-4-2-3-5-11/h2-3,6-8,11,14,17H,4-5,9H2,1H3. The number of rotatable bonds is 6. The molecule has 3 nitrogen and oxygen atoms in total. The van der Waals surface area contributed by atoms with E-state index in [4.69, 9.17) is 4.74 Å². The van der Waals surface area contributed by atoms with Crippen LogP contribution in [0, 0.1) is 0 Å². The van der Waals surface area contributed by atoms with Crippen LogP contribution in [0.5, 0.6) is 11.5 Å². The third-order valence-electron chi connectivity index (χ3n) is 3.05. The fourth-order valence-corrected chi connectivity index (χ4v) is 2.07. The summed E-state index contributed by atoms with van der Waals surface area (Å²) in [6.07, 6.45) is 6.29. The maximum Gasteiger partial charge on any atom is 0.387 e. The molecule has 0 fully saturated rings. The molecule has 0 amide bonds. The van der Waals surface area contributed by atoms with Crippen LogP contribution in [0.4, 0.5) is 8.78 Å².